The van der Waals surface area contributed by atoms with Gasteiger partial charge in [0, 0.05) is 5.41 Å². The van der Waals surface area contributed by atoms with E-state index < -0.39 is 64.7 Å². The molecule has 0 aromatic heterocycles. The number of hydrogen-bond donors (Lipinski definition) is 7. The highest BCUT2D eigenvalue weighted by atomic mass is 32.2. The van der Waals surface area contributed by atoms with Gasteiger partial charge in [0.2, 0.25) is 0 Å². The summed E-state index contributed by atoms with van der Waals surface area (Å²) in [4.78, 5) is 49.4. The second kappa shape index (κ2) is 13.9. The lowest BCUT2D eigenvalue weighted by Gasteiger charge is -2.54. The Morgan fingerprint density at radius 1 is 0.714 bits per heavy atom. The van der Waals surface area contributed by atoms with Crippen molar-refractivity contribution in [3.05, 3.63) is 0 Å². The number of aliphatic carboxylic acids is 4. The monoisotopic (exact) mass is 557 g/mol. The molecule has 0 aliphatic rings. The first kappa shape index (κ1) is 33.8. The molecule has 0 radical (unpaired) electrons. The van der Waals surface area contributed by atoms with Gasteiger partial charge >= 0.3 is 23.9 Å². The molecule has 0 heterocycles. The van der Waals surface area contributed by atoms with Crippen molar-refractivity contribution < 1.29 is 39.6 Å². The SMILES string of the molecule is CSCCC(N)(C(=O)O)C(CC(=O)O)CC(C)(C(N)(CCSC)C(=O)O)C(N)(CCSC)C(=O)O. The fraction of sp³-hybridized carbons (Fsp3) is 0.810. The number of thioether (sulfide) groups is 3. The highest BCUT2D eigenvalue weighted by Gasteiger charge is 2.65. The lowest BCUT2D eigenvalue weighted by Crippen LogP contribution is -2.75. The van der Waals surface area contributed by atoms with Gasteiger partial charge in [0.1, 0.15) is 16.6 Å². The van der Waals surface area contributed by atoms with Crippen LogP contribution in [0.2, 0.25) is 0 Å². The zero-order valence-electron chi connectivity index (χ0n) is 20.6. The van der Waals surface area contributed by atoms with Gasteiger partial charge in [-0.3, -0.25) is 19.2 Å². The van der Waals surface area contributed by atoms with Crippen LogP contribution in [0.1, 0.15) is 39.0 Å². The van der Waals surface area contributed by atoms with Crippen molar-refractivity contribution in [2.45, 2.75) is 55.6 Å². The van der Waals surface area contributed by atoms with Crippen LogP contribution in [0.3, 0.4) is 0 Å². The molecular formula is C21H39N3O8S3. The molecule has 204 valence electrons. The van der Waals surface area contributed by atoms with Crippen molar-refractivity contribution in [2.75, 3.05) is 36.0 Å². The maximum absolute atomic E-state index is 12.6. The summed E-state index contributed by atoms with van der Waals surface area (Å²) in [6.45, 7) is 1.31. The van der Waals surface area contributed by atoms with E-state index in [-0.39, 0.29) is 36.5 Å². The molecular weight excluding hydrogens is 518 g/mol. The maximum atomic E-state index is 12.6. The lowest BCUT2D eigenvalue weighted by molar-refractivity contribution is -0.164. The van der Waals surface area contributed by atoms with Gasteiger partial charge in [0.15, 0.2) is 0 Å². The quantitative estimate of drug-likeness (QED) is 0.118. The third kappa shape index (κ3) is 7.41. The molecule has 14 heteroatoms. The molecule has 10 N–H and O–H groups in total. The first-order chi connectivity index (χ1) is 16.0. The average Bonchev–Trinajstić information content (AvgIpc) is 2.77. The number of hydrogen-bond acceptors (Lipinski definition) is 10. The minimum Gasteiger partial charge on any atom is -0.481 e. The molecule has 0 amide bonds. The number of carboxylic acids is 4. The number of nitrogens with two attached hydrogens (primary N) is 3. The molecule has 0 fully saturated rings. The summed E-state index contributed by atoms with van der Waals surface area (Å²) in [5.74, 6) is -6.42. The molecule has 0 bridgehead atoms. The second-order valence-electron chi connectivity index (χ2n) is 8.96. The zero-order chi connectivity index (χ0) is 27.7. The molecule has 0 saturated heterocycles. The number of carboxylic acid groups (broad SMARTS) is 4. The number of carbonyl (C=O) groups is 4. The second-order valence-corrected chi connectivity index (χ2v) is 11.9. The van der Waals surface area contributed by atoms with Crippen molar-refractivity contribution in [1.29, 1.82) is 0 Å². The summed E-state index contributed by atoms with van der Waals surface area (Å²) in [7, 11) is 0. The highest BCUT2D eigenvalue weighted by molar-refractivity contribution is 7.98. The van der Waals surface area contributed by atoms with E-state index in [4.69, 9.17) is 17.2 Å². The van der Waals surface area contributed by atoms with E-state index >= 15 is 0 Å². The third-order valence-electron chi connectivity index (χ3n) is 7.06. The summed E-state index contributed by atoms with van der Waals surface area (Å²) in [6, 6.07) is 0. The maximum Gasteiger partial charge on any atom is 0.324 e. The molecule has 4 atom stereocenters. The molecule has 0 aromatic rings. The summed E-state index contributed by atoms with van der Waals surface area (Å²) < 4.78 is 0. The zero-order valence-corrected chi connectivity index (χ0v) is 23.1. The average molecular weight is 558 g/mol. The van der Waals surface area contributed by atoms with Crippen LogP contribution in [0.15, 0.2) is 0 Å². The molecule has 0 saturated carbocycles. The van der Waals surface area contributed by atoms with Crippen LogP contribution >= 0.6 is 35.3 Å². The first-order valence-corrected chi connectivity index (χ1v) is 15.0. The predicted molar refractivity (Wildman–Crippen MR) is 141 cm³/mol. The molecule has 0 rings (SSSR count). The van der Waals surface area contributed by atoms with Gasteiger partial charge in [0.25, 0.3) is 0 Å². The standard InChI is InChI=1S/C21H39N3O8S3/c1-18(20(23,16(29)30)6-9-34-3,21(24,17(31)32)7-10-35-4)12-13(11-14(25)26)19(22,15(27)28)5-8-33-2/h13H,5-12,22-24H2,1-4H3,(H,25,26)(H,27,28)(H,29,30)(H,31,32). The third-order valence-corrected chi connectivity index (χ3v) is 8.89. The number of rotatable bonds is 19. The van der Waals surface area contributed by atoms with E-state index in [9.17, 15) is 39.6 Å². The summed E-state index contributed by atoms with van der Waals surface area (Å²) in [6.07, 6.45) is 3.43. The predicted octanol–water partition coefficient (Wildman–Crippen LogP) is 1.08. The van der Waals surface area contributed by atoms with E-state index in [0.717, 1.165) is 0 Å². The van der Waals surface area contributed by atoms with E-state index in [2.05, 4.69) is 0 Å². The Kier molecular flexibility index (Phi) is 13.5. The van der Waals surface area contributed by atoms with Crippen LogP contribution in [0, 0.1) is 11.3 Å². The van der Waals surface area contributed by atoms with Crippen molar-refractivity contribution in [2.24, 2.45) is 28.5 Å². The molecule has 0 aromatic carbocycles. The Labute approximate surface area is 218 Å². The van der Waals surface area contributed by atoms with Crippen LogP contribution in [0.4, 0.5) is 0 Å². The Bertz CT molecular complexity index is 742. The highest BCUT2D eigenvalue weighted by Crippen LogP contribution is 2.50. The normalized spacial score (nSPS) is 19.4. The topological polar surface area (TPSA) is 227 Å². The Balaban J connectivity index is 7.26. The molecule has 0 spiro atoms. The van der Waals surface area contributed by atoms with E-state index in [0.29, 0.717) is 0 Å². The van der Waals surface area contributed by atoms with E-state index in [1.54, 1.807) is 18.8 Å². The summed E-state index contributed by atoms with van der Waals surface area (Å²) >= 11 is 3.91. The van der Waals surface area contributed by atoms with Crippen molar-refractivity contribution in [1.82, 2.24) is 0 Å². The largest absolute Gasteiger partial charge is 0.481 e. The Hall–Kier alpha value is -1.19. The van der Waals surface area contributed by atoms with Crippen LogP contribution in [0.5, 0.6) is 0 Å². The van der Waals surface area contributed by atoms with Gasteiger partial charge in [-0.15, -0.1) is 0 Å². The van der Waals surface area contributed by atoms with Gasteiger partial charge in [-0.25, -0.2) is 0 Å². The minimum absolute atomic E-state index is 0.123. The summed E-state index contributed by atoms with van der Waals surface area (Å²) in [5.41, 5.74) is 10.8. The minimum atomic E-state index is -2.22. The summed E-state index contributed by atoms with van der Waals surface area (Å²) in [5, 5.41) is 40.1. The van der Waals surface area contributed by atoms with Crippen molar-refractivity contribution in [3.8, 4) is 0 Å². The molecule has 35 heavy (non-hydrogen) atoms. The first-order valence-electron chi connectivity index (χ1n) is 10.8. The fourth-order valence-corrected chi connectivity index (χ4v) is 6.02. The molecule has 4 unspecified atom stereocenters. The van der Waals surface area contributed by atoms with Crippen LogP contribution in [-0.2, 0) is 19.2 Å². The molecule has 0 aliphatic carbocycles. The van der Waals surface area contributed by atoms with E-state index in [1.165, 1.54) is 42.2 Å². The van der Waals surface area contributed by atoms with Crippen LogP contribution < -0.4 is 17.2 Å². The van der Waals surface area contributed by atoms with Gasteiger partial charge in [-0.2, -0.15) is 35.3 Å². The fourth-order valence-electron chi connectivity index (χ4n) is 4.42. The lowest BCUT2D eigenvalue weighted by atomic mass is 9.53. The van der Waals surface area contributed by atoms with Gasteiger partial charge in [-0.05, 0) is 67.6 Å². The van der Waals surface area contributed by atoms with Gasteiger partial charge < -0.3 is 37.6 Å². The van der Waals surface area contributed by atoms with Crippen molar-refractivity contribution in [3.63, 3.8) is 0 Å². The Morgan fingerprint density at radius 2 is 1.09 bits per heavy atom. The van der Waals surface area contributed by atoms with Crippen LogP contribution in [0.25, 0.3) is 0 Å². The van der Waals surface area contributed by atoms with E-state index in [1.807, 2.05) is 0 Å². The van der Waals surface area contributed by atoms with Gasteiger partial charge in [0.05, 0.1) is 6.42 Å². The molecule has 11 nitrogen and oxygen atoms in total. The van der Waals surface area contributed by atoms with Gasteiger partial charge in [-0.1, -0.05) is 6.92 Å². The molecule has 0 aliphatic heterocycles. The van der Waals surface area contributed by atoms with Crippen LogP contribution in [-0.4, -0.2) is 96.9 Å². The van der Waals surface area contributed by atoms with Crippen molar-refractivity contribution >= 4 is 59.2 Å². The Morgan fingerprint density at radius 3 is 1.37 bits per heavy atom. The smallest absolute Gasteiger partial charge is 0.324 e.